The number of carbonyl (C=O) groups is 5. The number of phenolic OH excluding ortho intramolecular Hbond substituents is 1. The molecule has 1 saturated heterocycles. The Balaban J connectivity index is 1.35. The first-order valence-corrected chi connectivity index (χ1v) is 19.5. The maximum Gasteiger partial charge on any atom is 0.330 e. The Bertz CT molecular complexity index is 2250. The molecule has 324 valence electrons. The number of nitrogens with zero attached hydrogens (tertiary/aromatic N) is 2. The number of aromatic amines is 1. The minimum Gasteiger partial charge on any atom is -0.508 e. The van der Waals surface area contributed by atoms with Gasteiger partial charge in [-0.1, -0.05) is 72.8 Å². The van der Waals surface area contributed by atoms with Gasteiger partial charge in [-0.15, -0.1) is 0 Å². The molecule has 1 unspecified atom stereocenters. The molecule has 0 spiro atoms. The number of H-pyrrole nitrogens is 1. The molecule has 0 saturated carbocycles. The number of aromatic nitrogens is 2. The molecule has 0 bridgehead atoms. The molecule has 19 heteroatoms. The largest absolute Gasteiger partial charge is 0.508 e. The summed E-state index contributed by atoms with van der Waals surface area (Å²) in [6, 6.07) is 17.2. The smallest absolute Gasteiger partial charge is 0.330 e. The van der Waals surface area contributed by atoms with Crippen LogP contribution < -0.4 is 38.2 Å². The minimum absolute atomic E-state index is 0.0158. The van der Waals surface area contributed by atoms with Gasteiger partial charge in [0.15, 0.2) is 6.23 Å². The maximum absolute atomic E-state index is 14.3. The number of aliphatic hydroxyl groups is 1. The van der Waals surface area contributed by atoms with E-state index in [-0.39, 0.29) is 38.0 Å². The lowest BCUT2D eigenvalue weighted by Gasteiger charge is -2.34. The van der Waals surface area contributed by atoms with Crippen LogP contribution in [-0.4, -0.2) is 116 Å². The van der Waals surface area contributed by atoms with Gasteiger partial charge in [0.25, 0.3) is 5.56 Å². The van der Waals surface area contributed by atoms with Crippen LogP contribution in [0.15, 0.2) is 107 Å². The van der Waals surface area contributed by atoms with Crippen molar-refractivity contribution in [3.63, 3.8) is 0 Å². The highest BCUT2D eigenvalue weighted by molar-refractivity contribution is 5.93. The topological polar surface area (TPSA) is 288 Å². The van der Waals surface area contributed by atoms with Gasteiger partial charge in [0.2, 0.25) is 17.7 Å². The monoisotopic (exact) mass is 842 g/mol. The molecule has 1 aliphatic heterocycles. The summed E-state index contributed by atoms with van der Waals surface area (Å²) in [5.74, 6) is -3.54. The van der Waals surface area contributed by atoms with Crippen molar-refractivity contribution in [1.82, 2.24) is 35.7 Å². The zero-order valence-corrected chi connectivity index (χ0v) is 33.5. The number of rotatable bonds is 18. The van der Waals surface area contributed by atoms with Crippen LogP contribution in [0.1, 0.15) is 36.3 Å². The van der Waals surface area contributed by atoms with E-state index in [0.717, 1.165) is 16.2 Å². The van der Waals surface area contributed by atoms with Crippen LogP contribution in [0.4, 0.5) is 4.79 Å². The SMILES string of the molecule is C[C@@H](C(NC(=O)[C@H](Cc1ccccc1)NC(=O)N[C@@H](Cc1ccc(O)cc1)C(=O)O)C(=O)NC[C@H]1C[C@@H](O)[C@H](n2ccc(=O)[nH]c2=O)O1)N(C)C(=O)[C@@H](N)Cc1ccccc1. The normalized spacial score (nSPS) is 18.4. The second kappa shape index (κ2) is 20.9. The number of nitrogens with two attached hydrogens (primary N) is 1. The minimum atomic E-state index is -1.47. The first-order chi connectivity index (χ1) is 29.1. The molecule has 5 amide bonds. The van der Waals surface area contributed by atoms with Crippen molar-refractivity contribution in [1.29, 1.82) is 0 Å². The van der Waals surface area contributed by atoms with Crippen LogP contribution in [0.3, 0.4) is 0 Å². The van der Waals surface area contributed by atoms with E-state index in [2.05, 4.69) is 26.3 Å². The molecular weight excluding hydrogens is 793 g/mol. The van der Waals surface area contributed by atoms with Crippen molar-refractivity contribution < 1.29 is 44.0 Å². The van der Waals surface area contributed by atoms with E-state index >= 15 is 0 Å². The van der Waals surface area contributed by atoms with Crippen LogP contribution in [-0.2, 0) is 43.2 Å². The molecule has 1 aromatic heterocycles. The Hall–Kier alpha value is -6.83. The van der Waals surface area contributed by atoms with Crippen molar-refractivity contribution in [2.24, 2.45) is 5.73 Å². The molecule has 61 heavy (non-hydrogen) atoms. The van der Waals surface area contributed by atoms with E-state index in [9.17, 15) is 48.9 Å². The number of benzene rings is 3. The third-order valence-electron chi connectivity index (χ3n) is 10.3. The Morgan fingerprint density at radius 1 is 0.836 bits per heavy atom. The lowest BCUT2D eigenvalue weighted by atomic mass is 10.0. The summed E-state index contributed by atoms with van der Waals surface area (Å²) in [6.07, 6.45) is -2.07. The summed E-state index contributed by atoms with van der Waals surface area (Å²) in [7, 11) is 1.43. The van der Waals surface area contributed by atoms with E-state index in [4.69, 9.17) is 10.5 Å². The van der Waals surface area contributed by atoms with Crippen molar-refractivity contribution in [3.8, 4) is 5.75 Å². The van der Waals surface area contributed by atoms with Gasteiger partial charge < -0.3 is 52.0 Å². The molecular formula is C42H50N8O11. The highest BCUT2D eigenvalue weighted by Crippen LogP contribution is 2.27. The van der Waals surface area contributed by atoms with Crippen molar-refractivity contribution >= 4 is 29.7 Å². The van der Waals surface area contributed by atoms with Gasteiger partial charge in [0.1, 0.15) is 30.0 Å². The number of aliphatic carboxylic acids is 1. The Labute approximate surface area is 349 Å². The van der Waals surface area contributed by atoms with Crippen molar-refractivity contribution in [3.05, 3.63) is 135 Å². The molecule has 5 rings (SSSR count). The molecule has 1 fully saturated rings. The van der Waals surface area contributed by atoms with Gasteiger partial charge in [-0.25, -0.2) is 14.4 Å². The van der Waals surface area contributed by atoms with Crippen LogP contribution in [0.5, 0.6) is 5.75 Å². The zero-order chi connectivity index (χ0) is 44.2. The molecule has 3 aromatic carbocycles. The molecule has 0 radical (unpaired) electrons. The number of hydrogen-bond acceptors (Lipinski definition) is 11. The third-order valence-corrected chi connectivity index (χ3v) is 10.3. The van der Waals surface area contributed by atoms with Crippen LogP contribution in [0, 0.1) is 0 Å². The number of aromatic hydroxyl groups is 1. The molecule has 10 N–H and O–H groups in total. The quantitative estimate of drug-likeness (QED) is 0.0614. The fraction of sp³-hybridized carbons (Fsp3) is 0.357. The molecule has 1 aliphatic rings. The molecule has 0 aliphatic carbocycles. The average molecular weight is 843 g/mol. The number of urea groups is 1. The number of amides is 5. The number of likely N-dealkylation sites (N-methyl/N-ethyl adjacent to an activating group) is 1. The zero-order valence-electron chi connectivity index (χ0n) is 33.5. The Kier molecular flexibility index (Phi) is 15.5. The van der Waals surface area contributed by atoms with E-state index in [0.29, 0.717) is 11.1 Å². The second-order valence-corrected chi connectivity index (χ2v) is 14.8. The van der Waals surface area contributed by atoms with E-state index in [1.165, 1.54) is 49.3 Å². The van der Waals surface area contributed by atoms with Gasteiger partial charge in [-0.2, -0.15) is 0 Å². The number of nitrogens with one attached hydrogen (secondary N) is 5. The summed E-state index contributed by atoms with van der Waals surface area (Å²) >= 11 is 0. The Morgan fingerprint density at radius 2 is 1.41 bits per heavy atom. The second-order valence-electron chi connectivity index (χ2n) is 14.8. The lowest BCUT2D eigenvalue weighted by molar-refractivity contribution is -0.139. The predicted molar refractivity (Wildman–Crippen MR) is 220 cm³/mol. The number of hydrogen-bond donors (Lipinski definition) is 9. The number of phenols is 1. The first kappa shape index (κ1) is 45.3. The number of carboxylic acid groups (broad SMARTS) is 1. The van der Waals surface area contributed by atoms with E-state index < -0.39 is 89.6 Å². The van der Waals surface area contributed by atoms with Gasteiger partial charge in [0.05, 0.1) is 18.2 Å². The molecule has 2 heterocycles. The highest BCUT2D eigenvalue weighted by Gasteiger charge is 2.39. The van der Waals surface area contributed by atoms with Crippen LogP contribution in [0.2, 0.25) is 0 Å². The summed E-state index contributed by atoms with van der Waals surface area (Å²) in [5.41, 5.74) is 6.81. The highest BCUT2D eigenvalue weighted by atomic mass is 16.5. The summed E-state index contributed by atoms with van der Waals surface area (Å²) in [4.78, 5) is 94.9. The summed E-state index contributed by atoms with van der Waals surface area (Å²) in [6.45, 7) is 1.32. The number of ether oxygens (including phenoxy) is 1. The van der Waals surface area contributed by atoms with Gasteiger partial charge in [-0.05, 0) is 42.2 Å². The predicted octanol–water partition coefficient (Wildman–Crippen LogP) is -0.485. The number of carboxylic acids is 1. The lowest BCUT2D eigenvalue weighted by Crippen LogP contribution is -2.63. The summed E-state index contributed by atoms with van der Waals surface area (Å²) < 4.78 is 6.88. The molecule has 19 nitrogen and oxygen atoms in total. The Morgan fingerprint density at radius 3 is 2.02 bits per heavy atom. The fourth-order valence-electron chi connectivity index (χ4n) is 6.85. The van der Waals surface area contributed by atoms with Crippen molar-refractivity contribution in [2.45, 2.75) is 81.3 Å². The van der Waals surface area contributed by atoms with Crippen LogP contribution in [0.25, 0.3) is 0 Å². The van der Waals surface area contributed by atoms with E-state index in [1.807, 2.05) is 18.2 Å². The third kappa shape index (κ3) is 12.6. The standard InChI is InChI=1S/C42H50N8O11/c1-24(49(2)38(56)30(43)19-25-9-5-3-6-10-25)35(37(55)44-23-29-22-33(52)39(61-29)50-18-17-34(53)47-42(50)60)48-36(54)31(20-26-11-7-4-8-12-26)45-41(59)46-32(40(57)58)21-27-13-15-28(51)16-14-27/h3-18,24,29-33,35,39,51-52H,19-23,43H2,1-2H3,(H,44,55)(H,48,54)(H,57,58)(H2,45,46,59)(H,47,53,60)/t24-,29+,30-,31-,32-,33+,35?,39+/m0/s1. The van der Waals surface area contributed by atoms with Gasteiger partial charge in [-0.3, -0.25) is 28.7 Å². The first-order valence-electron chi connectivity index (χ1n) is 19.5. The summed E-state index contributed by atoms with van der Waals surface area (Å²) in [5, 5.41) is 40.5. The van der Waals surface area contributed by atoms with Gasteiger partial charge in [0, 0.05) is 45.1 Å². The molecule has 8 atom stereocenters. The maximum atomic E-state index is 14.3. The number of carbonyl (C=O) groups excluding carboxylic acids is 4. The fourth-order valence-corrected chi connectivity index (χ4v) is 6.85. The molecule has 4 aromatic rings. The van der Waals surface area contributed by atoms with E-state index in [1.54, 1.807) is 42.5 Å². The van der Waals surface area contributed by atoms with Crippen molar-refractivity contribution in [2.75, 3.05) is 13.6 Å². The number of aliphatic hydroxyl groups excluding tert-OH is 1. The average Bonchev–Trinajstić information content (AvgIpc) is 3.61. The van der Waals surface area contributed by atoms with Crippen LogP contribution >= 0.6 is 0 Å². The van der Waals surface area contributed by atoms with Gasteiger partial charge >= 0.3 is 17.7 Å².